The lowest BCUT2D eigenvalue weighted by Gasteiger charge is -2.40. The van der Waals surface area contributed by atoms with Crippen LogP contribution in [0.3, 0.4) is 0 Å². The second-order valence-corrected chi connectivity index (χ2v) is 6.56. The van der Waals surface area contributed by atoms with E-state index in [1.165, 1.54) is 7.11 Å². The molecule has 0 aromatic carbocycles. The fourth-order valence-corrected chi connectivity index (χ4v) is 2.84. The van der Waals surface area contributed by atoms with Crippen LogP contribution >= 0.6 is 0 Å². The summed E-state index contributed by atoms with van der Waals surface area (Å²) in [4.78, 5) is 34.4. The van der Waals surface area contributed by atoms with Crippen LogP contribution < -0.4 is 11.1 Å². The van der Waals surface area contributed by atoms with Crippen molar-refractivity contribution in [3.05, 3.63) is 0 Å². The molecule has 1 amide bonds. The van der Waals surface area contributed by atoms with Crippen molar-refractivity contribution < 1.29 is 29.0 Å². The second-order valence-electron chi connectivity index (χ2n) is 6.56. The largest absolute Gasteiger partial charge is 0.481 e. The van der Waals surface area contributed by atoms with Gasteiger partial charge in [-0.05, 0) is 25.7 Å². The highest BCUT2D eigenvalue weighted by Crippen LogP contribution is 2.36. The van der Waals surface area contributed by atoms with Crippen molar-refractivity contribution >= 4 is 17.8 Å². The van der Waals surface area contributed by atoms with Crippen molar-refractivity contribution in [3.8, 4) is 0 Å². The topological polar surface area (TPSA) is 128 Å². The minimum absolute atomic E-state index is 0.0426. The van der Waals surface area contributed by atoms with Crippen LogP contribution in [-0.4, -0.2) is 54.4 Å². The smallest absolute Gasteiger partial charge is 0.330 e. The Balaban J connectivity index is 2.67. The molecule has 8 nitrogen and oxygen atoms in total. The van der Waals surface area contributed by atoms with Gasteiger partial charge in [0.15, 0.2) is 6.04 Å². The number of ether oxygens (including phenoxy) is 2. The van der Waals surface area contributed by atoms with Crippen LogP contribution in [-0.2, 0) is 23.9 Å². The van der Waals surface area contributed by atoms with E-state index < -0.39 is 36.4 Å². The molecular weight excluding hydrogens is 316 g/mol. The first-order valence-corrected chi connectivity index (χ1v) is 8.19. The summed E-state index contributed by atoms with van der Waals surface area (Å²) in [6, 6.07) is -2.26. The lowest BCUT2D eigenvalue weighted by Crippen LogP contribution is -2.52. The van der Waals surface area contributed by atoms with E-state index in [-0.39, 0.29) is 12.2 Å². The molecule has 138 valence electrons. The highest BCUT2D eigenvalue weighted by atomic mass is 16.5. The molecule has 1 aliphatic rings. The van der Waals surface area contributed by atoms with Crippen LogP contribution in [0.2, 0.25) is 0 Å². The molecule has 1 saturated carbocycles. The number of carbonyl (C=O) groups is 3. The van der Waals surface area contributed by atoms with Crippen LogP contribution in [0.5, 0.6) is 0 Å². The molecule has 0 saturated heterocycles. The highest BCUT2D eigenvalue weighted by molar-refractivity contribution is 5.89. The number of hydrogen-bond acceptors (Lipinski definition) is 6. The molecule has 1 fully saturated rings. The third kappa shape index (κ3) is 5.76. The first kappa shape index (κ1) is 20.4. The van der Waals surface area contributed by atoms with E-state index >= 15 is 0 Å². The summed E-state index contributed by atoms with van der Waals surface area (Å²) in [6.07, 6.45) is 3.63. The maximum Gasteiger partial charge on any atom is 0.330 e. The van der Waals surface area contributed by atoms with Gasteiger partial charge >= 0.3 is 11.9 Å². The van der Waals surface area contributed by atoms with Crippen LogP contribution in [0, 0.1) is 5.92 Å². The molecular formula is C16H28N2O6. The molecule has 1 aliphatic carbocycles. The Kier molecular flexibility index (Phi) is 7.62. The summed E-state index contributed by atoms with van der Waals surface area (Å²) in [7, 11) is 1.21. The number of carbonyl (C=O) groups excluding carboxylic acids is 2. The zero-order valence-corrected chi connectivity index (χ0v) is 14.5. The summed E-state index contributed by atoms with van der Waals surface area (Å²) >= 11 is 0. The Bertz CT molecular complexity index is 469. The lowest BCUT2D eigenvalue weighted by atomic mass is 9.77. The Morgan fingerprint density at radius 1 is 1.38 bits per heavy atom. The van der Waals surface area contributed by atoms with Gasteiger partial charge in [-0.25, -0.2) is 4.79 Å². The number of esters is 1. The number of carboxylic acids is 1. The van der Waals surface area contributed by atoms with E-state index in [4.69, 9.17) is 15.6 Å². The Morgan fingerprint density at radius 2 is 2.04 bits per heavy atom. The zero-order valence-electron chi connectivity index (χ0n) is 14.5. The molecule has 0 aliphatic heterocycles. The Labute approximate surface area is 142 Å². The summed E-state index contributed by atoms with van der Waals surface area (Å²) < 4.78 is 10.6. The molecule has 0 aromatic rings. The minimum Gasteiger partial charge on any atom is -0.481 e. The normalized spacial score (nSPS) is 26.2. The molecule has 0 bridgehead atoms. The number of hydrogen-bond donors (Lipinski definition) is 3. The fraction of sp³-hybridized carbons (Fsp3) is 0.812. The SMILES string of the molecule is COC(=O)[C@H](CO[C@]1(C)CCCC[C@H]1C)NC(=O)[C@@H](N)CC(=O)O. The van der Waals surface area contributed by atoms with Gasteiger partial charge in [0.1, 0.15) is 0 Å². The van der Waals surface area contributed by atoms with Gasteiger partial charge in [-0.3, -0.25) is 9.59 Å². The van der Waals surface area contributed by atoms with Crippen molar-refractivity contribution in [1.29, 1.82) is 0 Å². The van der Waals surface area contributed by atoms with E-state index in [1.54, 1.807) is 0 Å². The third-order valence-electron chi connectivity index (χ3n) is 4.72. The molecule has 24 heavy (non-hydrogen) atoms. The van der Waals surface area contributed by atoms with Crippen molar-refractivity contribution in [2.75, 3.05) is 13.7 Å². The van der Waals surface area contributed by atoms with Crippen LogP contribution in [0.4, 0.5) is 0 Å². The predicted molar refractivity (Wildman–Crippen MR) is 86.2 cm³/mol. The standard InChI is InChI=1S/C16H28N2O6/c1-10-6-4-5-7-16(10,2)24-9-12(15(22)23-3)18-14(21)11(17)8-13(19)20/h10-12H,4-9,17H2,1-3H3,(H,18,21)(H,19,20)/t10-,11+,12+,16-/m1/s1. The van der Waals surface area contributed by atoms with E-state index in [1.807, 2.05) is 6.92 Å². The van der Waals surface area contributed by atoms with E-state index in [0.29, 0.717) is 5.92 Å². The van der Waals surface area contributed by atoms with Crippen molar-refractivity contribution in [1.82, 2.24) is 5.32 Å². The second kappa shape index (κ2) is 8.98. The number of nitrogens with two attached hydrogens (primary N) is 1. The molecule has 0 heterocycles. The van der Waals surface area contributed by atoms with E-state index in [9.17, 15) is 14.4 Å². The van der Waals surface area contributed by atoms with Gasteiger partial charge in [0, 0.05) is 0 Å². The number of rotatable bonds is 8. The molecule has 4 atom stereocenters. The molecule has 0 radical (unpaired) electrons. The number of amides is 1. The Hall–Kier alpha value is -1.67. The molecule has 1 rings (SSSR count). The first-order valence-electron chi connectivity index (χ1n) is 8.19. The van der Waals surface area contributed by atoms with E-state index in [2.05, 4.69) is 17.0 Å². The monoisotopic (exact) mass is 344 g/mol. The van der Waals surface area contributed by atoms with Gasteiger partial charge in [0.2, 0.25) is 5.91 Å². The summed E-state index contributed by atoms with van der Waals surface area (Å²) in [6.45, 7) is 4.07. The number of aliphatic carboxylic acids is 1. The molecule has 0 spiro atoms. The maximum absolute atomic E-state index is 11.9. The average molecular weight is 344 g/mol. The Morgan fingerprint density at radius 3 is 2.58 bits per heavy atom. The molecule has 0 unspecified atom stereocenters. The van der Waals surface area contributed by atoms with Gasteiger partial charge in [-0.1, -0.05) is 19.8 Å². The number of methoxy groups -OCH3 is 1. The third-order valence-corrected chi connectivity index (χ3v) is 4.72. The summed E-state index contributed by atoms with van der Waals surface area (Å²) in [5.41, 5.74) is 5.15. The van der Waals surface area contributed by atoms with Gasteiger partial charge in [0.25, 0.3) is 0 Å². The van der Waals surface area contributed by atoms with Crippen LogP contribution in [0.25, 0.3) is 0 Å². The van der Waals surface area contributed by atoms with Gasteiger partial charge in [-0.15, -0.1) is 0 Å². The summed E-state index contributed by atoms with van der Waals surface area (Å²) in [5, 5.41) is 11.1. The molecule has 0 aromatic heterocycles. The first-order chi connectivity index (χ1) is 11.2. The summed E-state index contributed by atoms with van der Waals surface area (Å²) in [5.74, 6) is -2.22. The predicted octanol–water partition coefficient (Wildman–Crippen LogP) is 0.432. The van der Waals surface area contributed by atoms with Crippen molar-refractivity contribution in [3.63, 3.8) is 0 Å². The average Bonchev–Trinajstić information content (AvgIpc) is 2.52. The molecule has 8 heteroatoms. The number of nitrogens with one attached hydrogen (secondary N) is 1. The van der Waals surface area contributed by atoms with Gasteiger partial charge < -0.3 is 25.6 Å². The van der Waals surface area contributed by atoms with Crippen molar-refractivity contribution in [2.45, 2.75) is 63.6 Å². The van der Waals surface area contributed by atoms with Crippen LogP contribution in [0.15, 0.2) is 0 Å². The van der Waals surface area contributed by atoms with Gasteiger partial charge in [0.05, 0.1) is 31.8 Å². The zero-order chi connectivity index (χ0) is 18.3. The lowest BCUT2D eigenvalue weighted by molar-refractivity contribution is -0.152. The van der Waals surface area contributed by atoms with E-state index in [0.717, 1.165) is 25.7 Å². The van der Waals surface area contributed by atoms with Crippen molar-refractivity contribution in [2.24, 2.45) is 11.7 Å². The number of carboxylic acid groups (broad SMARTS) is 1. The van der Waals surface area contributed by atoms with Crippen LogP contribution in [0.1, 0.15) is 46.0 Å². The minimum atomic E-state index is -1.24. The quantitative estimate of drug-likeness (QED) is 0.545. The maximum atomic E-state index is 11.9. The van der Waals surface area contributed by atoms with Gasteiger partial charge in [-0.2, -0.15) is 0 Å². The fourth-order valence-electron chi connectivity index (χ4n) is 2.84. The highest BCUT2D eigenvalue weighted by Gasteiger charge is 2.36. The molecule has 4 N–H and O–H groups in total.